The van der Waals surface area contributed by atoms with E-state index in [2.05, 4.69) is 173 Å². The lowest BCUT2D eigenvalue weighted by Crippen LogP contribution is -2.06. The fraction of sp³-hybridized carbons (Fsp3) is 0. The van der Waals surface area contributed by atoms with Gasteiger partial charge in [0, 0.05) is 49.4 Å². The second-order valence-electron chi connectivity index (χ2n) is 16.9. The minimum Gasteiger partial charge on any atom is -0.308 e. The Morgan fingerprint density at radius 3 is 1.25 bits per heavy atom. The third-order valence-corrected chi connectivity index (χ3v) is 12.8. The summed E-state index contributed by atoms with van der Waals surface area (Å²) in [5.74, 6) is 2.42. The molecule has 0 radical (unpaired) electrons. The van der Waals surface area contributed by atoms with Crippen LogP contribution in [0.3, 0.4) is 0 Å². The zero-order valence-corrected chi connectivity index (χ0v) is 36.6. The van der Waals surface area contributed by atoms with E-state index in [0.29, 0.717) is 23.4 Å². The van der Waals surface area contributed by atoms with Crippen LogP contribution < -0.4 is 0 Å². The van der Waals surface area contributed by atoms with Gasteiger partial charge < -0.3 is 4.57 Å². The van der Waals surface area contributed by atoms with Crippen LogP contribution in [0.5, 0.6) is 0 Å². The molecule has 7 nitrogen and oxygen atoms in total. The summed E-state index contributed by atoms with van der Waals surface area (Å²) in [4.78, 5) is 26.1. The van der Waals surface area contributed by atoms with Crippen LogP contribution in [-0.2, 0) is 0 Å². The van der Waals surface area contributed by atoms with E-state index in [1.54, 1.807) is 0 Å². The Bertz CT molecular complexity index is 3940. The molecule has 0 saturated heterocycles. The Morgan fingerprint density at radius 1 is 0.265 bits per heavy atom. The topological polar surface area (TPSA) is 74.3 Å². The molecule has 0 N–H and O–H groups in total. The molecule has 9 aromatic carbocycles. The second kappa shape index (κ2) is 16.3. The molecule has 4 aromatic heterocycles. The number of aromatic nitrogens is 7. The van der Waals surface area contributed by atoms with E-state index >= 15 is 0 Å². The molecule has 7 heteroatoms. The van der Waals surface area contributed by atoms with Crippen molar-refractivity contribution in [2.75, 3.05) is 0 Å². The first-order valence-electron chi connectivity index (χ1n) is 22.8. The summed E-state index contributed by atoms with van der Waals surface area (Å²) in [5.41, 5.74) is 14.0. The summed E-state index contributed by atoms with van der Waals surface area (Å²) in [7, 11) is 0. The number of para-hydroxylation sites is 3. The van der Waals surface area contributed by atoms with Crippen molar-refractivity contribution in [1.29, 1.82) is 0 Å². The molecular weight excluding hydrogens is 831 g/mol. The molecule has 0 spiro atoms. The van der Waals surface area contributed by atoms with E-state index in [4.69, 9.17) is 24.9 Å². The van der Waals surface area contributed by atoms with Crippen LogP contribution in [0.15, 0.2) is 237 Å². The molecule has 13 rings (SSSR count). The van der Waals surface area contributed by atoms with Crippen molar-refractivity contribution >= 4 is 43.6 Å². The zero-order chi connectivity index (χ0) is 45.0. The van der Waals surface area contributed by atoms with Gasteiger partial charge in [-0.25, -0.2) is 15.0 Å². The average Bonchev–Trinajstić information content (AvgIpc) is 3.94. The summed E-state index contributed by atoms with van der Waals surface area (Å²) in [5, 5.41) is 4.50. The standard InChI is InChI=1S/C61H39N7/c1-5-19-40(20-6-1)41-33-35-43(36-34-41)50-39-49(42-21-7-2-8-22-42)62-60(63-50)48-29-15-18-32-53(48)67-51-30-16-13-27-46(51)56-54(67)37-38-55-57(56)47-28-14-17-31-52(47)68(55)61-65-58(44-23-9-3-10-24-44)64-59(66-61)45-25-11-4-12-26-45/h1-39H. The summed E-state index contributed by atoms with van der Waals surface area (Å²) in [6.07, 6.45) is 0. The summed E-state index contributed by atoms with van der Waals surface area (Å²) in [6, 6.07) is 82.1. The number of hydrogen-bond acceptors (Lipinski definition) is 5. The van der Waals surface area contributed by atoms with Gasteiger partial charge in [0.2, 0.25) is 5.95 Å². The van der Waals surface area contributed by atoms with Gasteiger partial charge in [-0.2, -0.15) is 9.97 Å². The van der Waals surface area contributed by atoms with Gasteiger partial charge in [-0.3, -0.25) is 4.57 Å². The highest BCUT2D eigenvalue weighted by Gasteiger charge is 2.24. The van der Waals surface area contributed by atoms with E-state index in [1.807, 2.05) is 72.8 Å². The molecule has 0 saturated carbocycles. The maximum absolute atomic E-state index is 5.37. The predicted molar refractivity (Wildman–Crippen MR) is 277 cm³/mol. The SMILES string of the molecule is c1ccc(-c2ccc(-c3cc(-c4ccccc4)nc(-c4ccccc4-n4c5ccccc5c5c6c7ccccc7n(-c7nc(-c8ccccc8)nc(-c8ccccc8)n7)c6ccc54)n3)cc2)cc1. The highest BCUT2D eigenvalue weighted by atomic mass is 15.2. The number of benzene rings is 9. The van der Waals surface area contributed by atoms with Gasteiger partial charge in [0.05, 0.1) is 39.1 Å². The molecule has 68 heavy (non-hydrogen) atoms. The second-order valence-corrected chi connectivity index (χ2v) is 16.9. The first-order chi connectivity index (χ1) is 33.7. The normalized spacial score (nSPS) is 11.5. The van der Waals surface area contributed by atoms with Crippen molar-refractivity contribution in [2.45, 2.75) is 0 Å². The maximum atomic E-state index is 5.37. The number of hydrogen-bond donors (Lipinski definition) is 0. The molecule has 0 fully saturated rings. The summed E-state index contributed by atoms with van der Waals surface area (Å²) in [6.45, 7) is 0. The molecule has 4 heterocycles. The predicted octanol–water partition coefficient (Wildman–Crippen LogP) is 14.9. The Kier molecular flexibility index (Phi) is 9.35. The van der Waals surface area contributed by atoms with E-state index in [9.17, 15) is 0 Å². The van der Waals surface area contributed by atoms with Crippen molar-refractivity contribution in [1.82, 2.24) is 34.1 Å². The highest BCUT2D eigenvalue weighted by Crippen LogP contribution is 2.43. The van der Waals surface area contributed by atoms with Crippen LogP contribution in [0, 0.1) is 0 Å². The summed E-state index contributed by atoms with van der Waals surface area (Å²) >= 11 is 0. The molecule has 0 amide bonds. The Labute approximate surface area is 392 Å². The third kappa shape index (κ3) is 6.64. The lowest BCUT2D eigenvalue weighted by molar-refractivity contribution is 0.953. The van der Waals surface area contributed by atoms with Gasteiger partial charge in [-0.05, 0) is 53.6 Å². The molecule has 13 aromatic rings. The maximum Gasteiger partial charge on any atom is 0.238 e. The zero-order valence-electron chi connectivity index (χ0n) is 36.6. The molecule has 0 aliphatic heterocycles. The Balaban J connectivity index is 1.03. The van der Waals surface area contributed by atoms with Gasteiger partial charge in [0.1, 0.15) is 0 Å². The van der Waals surface area contributed by atoms with Gasteiger partial charge in [-0.15, -0.1) is 0 Å². The molecule has 0 atom stereocenters. The molecule has 318 valence electrons. The van der Waals surface area contributed by atoms with Crippen molar-refractivity contribution in [3.63, 3.8) is 0 Å². The van der Waals surface area contributed by atoms with Crippen LogP contribution in [-0.4, -0.2) is 34.1 Å². The largest absolute Gasteiger partial charge is 0.308 e. The third-order valence-electron chi connectivity index (χ3n) is 12.8. The summed E-state index contributed by atoms with van der Waals surface area (Å²) < 4.78 is 4.57. The number of fused-ring (bicyclic) bond motifs is 7. The van der Waals surface area contributed by atoms with Gasteiger partial charge in [0.15, 0.2) is 17.5 Å². The van der Waals surface area contributed by atoms with Crippen LogP contribution in [0.1, 0.15) is 0 Å². The van der Waals surface area contributed by atoms with Gasteiger partial charge in [0.25, 0.3) is 0 Å². The lowest BCUT2D eigenvalue weighted by atomic mass is 10.0. The molecule has 0 unspecified atom stereocenters. The van der Waals surface area contributed by atoms with Crippen LogP contribution >= 0.6 is 0 Å². The van der Waals surface area contributed by atoms with Gasteiger partial charge in [-0.1, -0.05) is 194 Å². The monoisotopic (exact) mass is 869 g/mol. The minimum atomic E-state index is 0.554. The first-order valence-corrected chi connectivity index (χ1v) is 22.8. The molecule has 0 aliphatic carbocycles. The lowest BCUT2D eigenvalue weighted by Gasteiger charge is -2.15. The van der Waals surface area contributed by atoms with Crippen LogP contribution in [0.25, 0.3) is 123 Å². The minimum absolute atomic E-state index is 0.554. The van der Waals surface area contributed by atoms with Crippen LogP contribution in [0.4, 0.5) is 0 Å². The quantitative estimate of drug-likeness (QED) is 0.152. The number of rotatable bonds is 8. The highest BCUT2D eigenvalue weighted by molar-refractivity contribution is 6.29. The number of nitrogens with zero attached hydrogens (tertiary/aromatic N) is 7. The van der Waals surface area contributed by atoms with E-state index in [0.717, 1.165) is 94.1 Å². The fourth-order valence-corrected chi connectivity index (χ4v) is 9.68. The smallest absolute Gasteiger partial charge is 0.238 e. The van der Waals surface area contributed by atoms with Crippen molar-refractivity contribution in [3.8, 4) is 79.4 Å². The van der Waals surface area contributed by atoms with E-state index < -0.39 is 0 Å². The Hall–Kier alpha value is -9.33. The average molecular weight is 870 g/mol. The van der Waals surface area contributed by atoms with E-state index in [-0.39, 0.29) is 0 Å². The van der Waals surface area contributed by atoms with Crippen molar-refractivity contribution in [3.05, 3.63) is 237 Å². The first kappa shape index (κ1) is 39.1. The molecule has 0 aliphatic rings. The molecule has 0 bridgehead atoms. The van der Waals surface area contributed by atoms with Crippen molar-refractivity contribution < 1.29 is 0 Å². The van der Waals surface area contributed by atoms with Gasteiger partial charge >= 0.3 is 0 Å². The Morgan fingerprint density at radius 2 is 0.676 bits per heavy atom. The van der Waals surface area contributed by atoms with Crippen molar-refractivity contribution in [2.24, 2.45) is 0 Å². The van der Waals surface area contributed by atoms with E-state index in [1.165, 1.54) is 5.56 Å². The molecular formula is C61H39N7. The van der Waals surface area contributed by atoms with Crippen LogP contribution in [0.2, 0.25) is 0 Å². The fourth-order valence-electron chi connectivity index (χ4n) is 9.68.